The van der Waals surface area contributed by atoms with Crippen LogP contribution in [0.2, 0.25) is 5.02 Å². The number of amides is 2. The molecule has 0 spiro atoms. The molecule has 180 valence electrons. The van der Waals surface area contributed by atoms with E-state index in [1.165, 1.54) is 50.6 Å². The maximum atomic E-state index is 13.2. The van der Waals surface area contributed by atoms with Crippen molar-refractivity contribution < 1.29 is 24.0 Å². The minimum Gasteiger partial charge on any atom is -0.496 e. The number of rotatable bonds is 8. The van der Waals surface area contributed by atoms with Gasteiger partial charge in [0, 0.05) is 21.6 Å². The van der Waals surface area contributed by atoms with Crippen LogP contribution in [0.4, 0.5) is 11.4 Å². The van der Waals surface area contributed by atoms with Gasteiger partial charge in [-0.3, -0.25) is 19.7 Å². The van der Waals surface area contributed by atoms with Crippen LogP contribution in [-0.4, -0.2) is 31.0 Å². The smallest absolute Gasteiger partial charge is 0.272 e. The van der Waals surface area contributed by atoms with E-state index in [0.29, 0.717) is 20.8 Å². The van der Waals surface area contributed by atoms with E-state index in [1.54, 1.807) is 30.3 Å². The van der Waals surface area contributed by atoms with Crippen LogP contribution in [0, 0.1) is 10.1 Å². The summed E-state index contributed by atoms with van der Waals surface area (Å²) in [6.45, 7) is 0. The van der Waals surface area contributed by atoms with Crippen LogP contribution >= 0.6 is 27.5 Å². The number of benzene rings is 3. The van der Waals surface area contributed by atoms with Crippen molar-refractivity contribution in [1.29, 1.82) is 0 Å². The lowest BCUT2D eigenvalue weighted by atomic mass is 10.1. The lowest BCUT2D eigenvalue weighted by Crippen LogP contribution is -2.31. The van der Waals surface area contributed by atoms with Gasteiger partial charge in [-0.1, -0.05) is 39.7 Å². The largest absolute Gasteiger partial charge is 0.496 e. The number of halogens is 2. The Balaban J connectivity index is 2.02. The summed E-state index contributed by atoms with van der Waals surface area (Å²) < 4.78 is 11.1. The number of methoxy groups -OCH3 is 2. The third-order valence-corrected chi connectivity index (χ3v) is 5.43. The number of nitrogens with one attached hydrogen (secondary N) is 2. The summed E-state index contributed by atoms with van der Waals surface area (Å²) in [7, 11) is 2.85. The van der Waals surface area contributed by atoms with Crippen molar-refractivity contribution in [3.8, 4) is 11.5 Å². The molecule has 11 heteroatoms. The quantitative estimate of drug-likeness (QED) is 0.215. The van der Waals surface area contributed by atoms with Gasteiger partial charge in [0.15, 0.2) is 0 Å². The van der Waals surface area contributed by atoms with Crippen LogP contribution in [-0.2, 0) is 4.79 Å². The number of carbonyl (C=O) groups excluding carboxylic acids is 2. The first-order chi connectivity index (χ1) is 16.7. The lowest BCUT2D eigenvalue weighted by Gasteiger charge is -2.15. The molecule has 3 aromatic carbocycles. The van der Waals surface area contributed by atoms with Crippen LogP contribution in [0.25, 0.3) is 6.08 Å². The first-order valence-corrected chi connectivity index (χ1v) is 11.1. The van der Waals surface area contributed by atoms with Crippen molar-refractivity contribution >= 4 is 56.8 Å². The lowest BCUT2D eigenvalue weighted by molar-refractivity contribution is -0.384. The molecule has 0 atom stereocenters. The molecule has 0 aliphatic rings. The zero-order valence-electron chi connectivity index (χ0n) is 18.5. The molecule has 0 radical (unpaired) electrons. The average Bonchev–Trinajstić information content (AvgIpc) is 2.83. The molecular formula is C24H19BrClN3O6. The van der Waals surface area contributed by atoms with Gasteiger partial charge in [0.2, 0.25) is 0 Å². The third-order valence-electron chi connectivity index (χ3n) is 4.70. The van der Waals surface area contributed by atoms with E-state index in [1.807, 2.05) is 0 Å². The highest BCUT2D eigenvalue weighted by Crippen LogP contribution is 2.28. The molecule has 2 N–H and O–H groups in total. The van der Waals surface area contributed by atoms with Gasteiger partial charge >= 0.3 is 0 Å². The van der Waals surface area contributed by atoms with E-state index >= 15 is 0 Å². The SMILES string of the molecule is COc1ccc(Cl)cc1NC(=O)C(=Cc1cccc([N+](=O)[O-])c1)NC(=O)c1cc(Br)ccc1OC. The molecular weight excluding hydrogens is 542 g/mol. The standard InChI is InChI=1S/C24H19BrClN3O6/c1-34-21-8-6-15(25)12-18(21)23(30)28-20(11-14-4-3-5-17(10-14)29(32)33)24(31)27-19-13-16(26)7-9-22(19)35-2/h3-13H,1-2H3,(H,27,31)(H,28,30). The minimum atomic E-state index is -0.709. The highest BCUT2D eigenvalue weighted by atomic mass is 79.9. The number of anilines is 1. The molecule has 35 heavy (non-hydrogen) atoms. The Bertz CT molecular complexity index is 1330. The van der Waals surface area contributed by atoms with Crippen LogP contribution < -0.4 is 20.1 Å². The molecule has 9 nitrogen and oxygen atoms in total. The Kier molecular flexibility index (Phi) is 8.45. The summed E-state index contributed by atoms with van der Waals surface area (Å²) in [5.41, 5.74) is 0.405. The molecule has 3 aromatic rings. The average molecular weight is 561 g/mol. The molecule has 0 fully saturated rings. The summed E-state index contributed by atoms with van der Waals surface area (Å²) >= 11 is 9.36. The molecule has 0 unspecified atom stereocenters. The van der Waals surface area contributed by atoms with Crippen LogP contribution in [0.1, 0.15) is 15.9 Å². The predicted molar refractivity (Wildman–Crippen MR) is 136 cm³/mol. The Morgan fingerprint density at radius 1 is 1.03 bits per heavy atom. The second kappa shape index (κ2) is 11.5. The maximum Gasteiger partial charge on any atom is 0.272 e. The number of non-ortho nitro benzene ring substituents is 1. The number of ether oxygens (including phenoxy) is 2. The van der Waals surface area contributed by atoms with E-state index in [-0.39, 0.29) is 28.4 Å². The summed E-state index contributed by atoms with van der Waals surface area (Å²) in [6, 6.07) is 15.1. The molecule has 0 aliphatic heterocycles. The number of nitrogens with zero attached hydrogens (tertiary/aromatic N) is 1. The fraction of sp³-hybridized carbons (Fsp3) is 0.0833. The molecule has 0 saturated heterocycles. The fourth-order valence-electron chi connectivity index (χ4n) is 3.07. The highest BCUT2D eigenvalue weighted by molar-refractivity contribution is 9.10. The Hall–Kier alpha value is -3.89. The maximum absolute atomic E-state index is 13.2. The first-order valence-electron chi connectivity index (χ1n) is 9.97. The van der Waals surface area contributed by atoms with E-state index in [9.17, 15) is 19.7 Å². The van der Waals surface area contributed by atoms with Gasteiger partial charge in [0.1, 0.15) is 17.2 Å². The zero-order valence-corrected chi connectivity index (χ0v) is 20.8. The number of hydrogen-bond acceptors (Lipinski definition) is 6. The predicted octanol–water partition coefficient (Wildman–Crippen LogP) is 5.44. The Morgan fingerprint density at radius 3 is 2.43 bits per heavy atom. The second-order valence-corrected chi connectivity index (χ2v) is 8.36. The molecule has 0 aromatic heterocycles. The summed E-state index contributed by atoms with van der Waals surface area (Å²) in [5, 5.41) is 16.7. The third kappa shape index (κ3) is 6.58. The van der Waals surface area contributed by atoms with Gasteiger partial charge in [0.25, 0.3) is 17.5 Å². The van der Waals surface area contributed by atoms with Gasteiger partial charge < -0.3 is 20.1 Å². The van der Waals surface area contributed by atoms with Gasteiger partial charge in [-0.2, -0.15) is 0 Å². The zero-order chi connectivity index (χ0) is 25.5. The summed E-state index contributed by atoms with van der Waals surface area (Å²) in [6.07, 6.45) is 1.32. The van der Waals surface area contributed by atoms with Crippen molar-refractivity contribution in [3.63, 3.8) is 0 Å². The Morgan fingerprint density at radius 2 is 1.74 bits per heavy atom. The second-order valence-electron chi connectivity index (χ2n) is 7.01. The van der Waals surface area contributed by atoms with Gasteiger partial charge in [-0.05, 0) is 48.0 Å². The van der Waals surface area contributed by atoms with Crippen molar-refractivity contribution in [3.05, 3.63) is 97.1 Å². The van der Waals surface area contributed by atoms with Gasteiger partial charge in [-0.15, -0.1) is 0 Å². The van der Waals surface area contributed by atoms with Gasteiger partial charge in [0.05, 0.1) is 30.4 Å². The van der Waals surface area contributed by atoms with Crippen molar-refractivity contribution in [1.82, 2.24) is 5.32 Å². The number of nitro benzene ring substituents is 1. The highest BCUT2D eigenvalue weighted by Gasteiger charge is 2.20. The normalized spacial score (nSPS) is 10.9. The Labute approximate surface area is 214 Å². The van der Waals surface area contributed by atoms with Crippen molar-refractivity contribution in [2.75, 3.05) is 19.5 Å². The number of nitro groups is 1. The van der Waals surface area contributed by atoms with Crippen molar-refractivity contribution in [2.24, 2.45) is 0 Å². The monoisotopic (exact) mass is 559 g/mol. The minimum absolute atomic E-state index is 0.167. The van der Waals surface area contributed by atoms with Crippen LogP contribution in [0.3, 0.4) is 0 Å². The summed E-state index contributed by atoms with van der Waals surface area (Å²) in [5.74, 6) is -0.706. The molecule has 2 amide bonds. The summed E-state index contributed by atoms with van der Waals surface area (Å²) in [4.78, 5) is 37.0. The number of hydrogen-bond donors (Lipinski definition) is 2. The fourth-order valence-corrected chi connectivity index (χ4v) is 3.60. The first kappa shape index (κ1) is 25.7. The van der Waals surface area contributed by atoms with E-state index in [0.717, 1.165) is 0 Å². The van der Waals surface area contributed by atoms with Crippen LogP contribution in [0.15, 0.2) is 70.8 Å². The van der Waals surface area contributed by atoms with Gasteiger partial charge in [-0.25, -0.2) is 0 Å². The molecule has 0 saturated carbocycles. The van der Waals surface area contributed by atoms with E-state index in [2.05, 4.69) is 26.6 Å². The topological polar surface area (TPSA) is 120 Å². The van der Waals surface area contributed by atoms with Crippen LogP contribution in [0.5, 0.6) is 11.5 Å². The molecule has 0 bridgehead atoms. The molecule has 0 heterocycles. The van der Waals surface area contributed by atoms with E-state index < -0.39 is 16.7 Å². The van der Waals surface area contributed by atoms with Crippen molar-refractivity contribution in [2.45, 2.75) is 0 Å². The number of carbonyl (C=O) groups is 2. The van der Waals surface area contributed by atoms with E-state index in [4.69, 9.17) is 21.1 Å². The molecule has 3 rings (SSSR count). The molecule has 0 aliphatic carbocycles.